The summed E-state index contributed by atoms with van der Waals surface area (Å²) >= 11 is 0. The number of carbonyl (C=O) groups excluding carboxylic acids is 1. The molecule has 1 N–H and O–H groups in total. The van der Waals surface area contributed by atoms with Crippen molar-refractivity contribution in [2.24, 2.45) is 0 Å². The molecule has 0 saturated heterocycles. The highest BCUT2D eigenvalue weighted by atomic mass is 19.4. The van der Waals surface area contributed by atoms with Gasteiger partial charge in [0.25, 0.3) is 5.91 Å². The Balaban J connectivity index is 1.47. The summed E-state index contributed by atoms with van der Waals surface area (Å²) in [6, 6.07) is 13.6. The number of nitrogens with one attached hydrogen (secondary N) is 1. The number of aromatic nitrogens is 1. The summed E-state index contributed by atoms with van der Waals surface area (Å²) in [6.07, 6.45) is -3.43. The summed E-state index contributed by atoms with van der Waals surface area (Å²) in [5.74, 6) is 0.428. The first-order chi connectivity index (χ1) is 14.4. The summed E-state index contributed by atoms with van der Waals surface area (Å²) in [5.41, 5.74) is 1.65. The number of hydrogen-bond donors (Lipinski definition) is 1. The number of pyridine rings is 1. The number of amides is 1. The predicted octanol–water partition coefficient (Wildman–Crippen LogP) is 4.67. The van der Waals surface area contributed by atoms with Crippen molar-refractivity contribution in [1.82, 2.24) is 4.98 Å². The first kappa shape index (κ1) is 19.6. The van der Waals surface area contributed by atoms with E-state index >= 15 is 0 Å². The van der Waals surface area contributed by atoms with Gasteiger partial charge in [-0.1, -0.05) is 12.1 Å². The molecular formula is C21H15F3N2O4. The number of alkyl halides is 3. The average molecular weight is 416 g/mol. The Morgan fingerprint density at radius 2 is 1.80 bits per heavy atom. The molecule has 9 heteroatoms. The molecule has 0 radical (unpaired) electrons. The monoisotopic (exact) mass is 416 g/mol. The molecule has 6 nitrogen and oxygen atoms in total. The van der Waals surface area contributed by atoms with Gasteiger partial charge in [-0.25, -0.2) is 0 Å². The quantitative estimate of drug-likeness (QED) is 0.669. The van der Waals surface area contributed by atoms with Crippen molar-refractivity contribution in [3.63, 3.8) is 0 Å². The number of ether oxygens (including phenoxy) is 3. The smallest absolute Gasteiger partial charge is 0.486 e. The molecule has 30 heavy (non-hydrogen) atoms. The van der Waals surface area contributed by atoms with E-state index in [9.17, 15) is 18.0 Å². The molecule has 154 valence electrons. The highest BCUT2D eigenvalue weighted by molar-refractivity contribution is 6.04. The standard InChI is InChI=1S/C21H15F3N2O4/c22-21(23,24)30-16-3-1-2-13(10-16)17-6-4-14(12-25-17)20(27)26-15-5-7-18-19(11-15)29-9-8-28-18/h1-7,10-12H,8-9H2,(H,26,27). The van der Waals surface area contributed by atoms with Crippen molar-refractivity contribution < 1.29 is 32.2 Å². The van der Waals surface area contributed by atoms with Gasteiger partial charge in [-0.2, -0.15) is 0 Å². The van der Waals surface area contributed by atoms with Gasteiger partial charge in [-0.15, -0.1) is 13.2 Å². The number of benzene rings is 2. The minimum Gasteiger partial charge on any atom is -0.486 e. The molecule has 0 saturated carbocycles. The van der Waals surface area contributed by atoms with Crippen LogP contribution in [0.3, 0.4) is 0 Å². The molecule has 0 atom stereocenters. The van der Waals surface area contributed by atoms with Crippen molar-refractivity contribution >= 4 is 11.6 Å². The molecule has 2 heterocycles. The Bertz CT molecular complexity index is 1070. The second-order valence-corrected chi connectivity index (χ2v) is 6.32. The lowest BCUT2D eigenvalue weighted by atomic mass is 10.1. The molecule has 4 rings (SSSR count). The molecule has 0 spiro atoms. The van der Waals surface area contributed by atoms with E-state index < -0.39 is 6.36 Å². The SMILES string of the molecule is O=C(Nc1ccc2c(c1)OCCO2)c1ccc(-c2cccc(OC(F)(F)F)c2)nc1. The minimum absolute atomic E-state index is 0.288. The van der Waals surface area contributed by atoms with Crippen LogP contribution in [0.1, 0.15) is 10.4 Å². The van der Waals surface area contributed by atoms with E-state index in [-0.39, 0.29) is 17.2 Å². The average Bonchev–Trinajstić information content (AvgIpc) is 2.73. The second-order valence-electron chi connectivity index (χ2n) is 6.32. The fourth-order valence-corrected chi connectivity index (χ4v) is 2.88. The van der Waals surface area contributed by atoms with Crippen LogP contribution in [-0.4, -0.2) is 30.5 Å². The normalized spacial score (nSPS) is 12.9. The Morgan fingerprint density at radius 3 is 2.53 bits per heavy atom. The van der Waals surface area contributed by atoms with Crippen LogP contribution in [0.15, 0.2) is 60.8 Å². The minimum atomic E-state index is -4.78. The van der Waals surface area contributed by atoms with Crippen LogP contribution in [0.2, 0.25) is 0 Å². The lowest BCUT2D eigenvalue weighted by Crippen LogP contribution is -2.17. The van der Waals surface area contributed by atoms with E-state index in [4.69, 9.17) is 9.47 Å². The topological polar surface area (TPSA) is 69.7 Å². The van der Waals surface area contributed by atoms with Crippen LogP contribution in [0.25, 0.3) is 11.3 Å². The van der Waals surface area contributed by atoms with Gasteiger partial charge in [0.15, 0.2) is 11.5 Å². The zero-order valence-electron chi connectivity index (χ0n) is 15.4. The van der Waals surface area contributed by atoms with E-state index in [0.29, 0.717) is 41.7 Å². The fraction of sp³-hybridized carbons (Fsp3) is 0.143. The van der Waals surface area contributed by atoms with Crippen molar-refractivity contribution in [2.45, 2.75) is 6.36 Å². The molecular weight excluding hydrogens is 401 g/mol. The molecule has 0 unspecified atom stereocenters. The third-order valence-corrected chi connectivity index (χ3v) is 4.19. The van der Waals surface area contributed by atoms with Gasteiger partial charge >= 0.3 is 6.36 Å². The van der Waals surface area contributed by atoms with Gasteiger partial charge in [-0.3, -0.25) is 9.78 Å². The molecule has 2 aromatic carbocycles. The summed E-state index contributed by atoms with van der Waals surface area (Å²) < 4.78 is 52.0. The Morgan fingerprint density at radius 1 is 1.00 bits per heavy atom. The van der Waals surface area contributed by atoms with E-state index in [1.807, 2.05) is 0 Å². The van der Waals surface area contributed by atoms with Crippen LogP contribution in [0.4, 0.5) is 18.9 Å². The maximum absolute atomic E-state index is 12.5. The van der Waals surface area contributed by atoms with Crippen LogP contribution in [0.5, 0.6) is 17.2 Å². The van der Waals surface area contributed by atoms with E-state index in [1.54, 1.807) is 30.3 Å². The van der Waals surface area contributed by atoms with Gasteiger partial charge in [0.1, 0.15) is 19.0 Å². The Labute approximate surface area is 169 Å². The number of rotatable bonds is 4. The zero-order chi connectivity index (χ0) is 21.1. The van der Waals surface area contributed by atoms with Crippen molar-refractivity contribution in [3.8, 4) is 28.5 Å². The highest BCUT2D eigenvalue weighted by Crippen LogP contribution is 2.33. The number of anilines is 1. The fourth-order valence-electron chi connectivity index (χ4n) is 2.88. The van der Waals surface area contributed by atoms with E-state index in [2.05, 4.69) is 15.0 Å². The Hall–Kier alpha value is -3.75. The molecule has 1 amide bonds. The third kappa shape index (κ3) is 4.62. The van der Waals surface area contributed by atoms with E-state index in [0.717, 1.165) is 0 Å². The van der Waals surface area contributed by atoms with Gasteiger partial charge in [-0.05, 0) is 36.4 Å². The first-order valence-electron chi connectivity index (χ1n) is 8.91. The Kier molecular flexibility index (Phi) is 5.18. The third-order valence-electron chi connectivity index (χ3n) is 4.19. The van der Waals surface area contributed by atoms with Gasteiger partial charge in [0.05, 0.1) is 11.3 Å². The second kappa shape index (κ2) is 7.94. The molecule has 1 aromatic heterocycles. The van der Waals surface area contributed by atoms with E-state index in [1.165, 1.54) is 30.5 Å². The summed E-state index contributed by atoms with van der Waals surface area (Å²) in [7, 11) is 0. The molecule has 0 bridgehead atoms. The maximum atomic E-state index is 12.5. The summed E-state index contributed by atoms with van der Waals surface area (Å²) in [4.78, 5) is 16.6. The molecule has 1 aliphatic rings. The van der Waals surface area contributed by atoms with Crippen LogP contribution in [0, 0.1) is 0 Å². The first-order valence-corrected chi connectivity index (χ1v) is 8.91. The number of nitrogens with zero attached hydrogens (tertiary/aromatic N) is 1. The van der Waals surface area contributed by atoms with Gasteiger partial charge < -0.3 is 19.5 Å². The van der Waals surface area contributed by atoms with Gasteiger partial charge in [0.2, 0.25) is 0 Å². The number of hydrogen-bond acceptors (Lipinski definition) is 5. The zero-order valence-corrected chi connectivity index (χ0v) is 15.4. The maximum Gasteiger partial charge on any atom is 0.573 e. The van der Waals surface area contributed by atoms with Crippen LogP contribution < -0.4 is 19.5 Å². The summed E-state index contributed by atoms with van der Waals surface area (Å²) in [6.45, 7) is 0.910. The predicted molar refractivity (Wildman–Crippen MR) is 102 cm³/mol. The van der Waals surface area contributed by atoms with Crippen molar-refractivity contribution in [2.75, 3.05) is 18.5 Å². The van der Waals surface area contributed by atoms with Crippen LogP contribution in [-0.2, 0) is 0 Å². The van der Waals surface area contributed by atoms with Crippen molar-refractivity contribution in [1.29, 1.82) is 0 Å². The lowest BCUT2D eigenvalue weighted by molar-refractivity contribution is -0.274. The molecule has 1 aliphatic heterocycles. The largest absolute Gasteiger partial charge is 0.573 e. The highest BCUT2D eigenvalue weighted by Gasteiger charge is 2.31. The van der Waals surface area contributed by atoms with Gasteiger partial charge in [0, 0.05) is 23.5 Å². The molecule has 0 fully saturated rings. The molecule has 0 aliphatic carbocycles. The summed E-state index contributed by atoms with van der Waals surface area (Å²) in [5, 5.41) is 2.74. The lowest BCUT2D eigenvalue weighted by Gasteiger charge is -2.19. The van der Waals surface area contributed by atoms with Crippen LogP contribution >= 0.6 is 0 Å². The number of halogens is 3. The number of fused-ring (bicyclic) bond motifs is 1. The van der Waals surface area contributed by atoms with Crippen molar-refractivity contribution in [3.05, 3.63) is 66.4 Å². The number of carbonyl (C=O) groups is 1. The molecule has 3 aromatic rings.